The maximum absolute atomic E-state index is 11.9. The van der Waals surface area contributed by atoms with Gasteiger partial charge in [-0.2, -0.15) is 0 Å². The summed E-state index contributed by atoms with van der Waals surface area (Å²) in [6.07, 6.45) is 1.34. The summed E-state index contributed by atoms with van der Waals surface area (Å²) in [4.78, 5) is 17.0. The SMILES string of the molecule is CC(NC(=O)OC(C)(C)C)c1cccc(NCc2cnc(Cl)s2)c1. The van der Waals surface area contributed by atoms with Gasteiger partial charge in [-0.25, -0.2) is 9.78 Å². The van der Waals surface area contributed by atoms with Crippen LogP contribution in [0.4, 0.5) is 10.5 Å². The minimum Gasteiger partial charge on any atom is -0.444 e. The number of hydrogen-bond donors (Lipinski definition) is 2. The van der Waals surface area contributed by atoms with Gasteiger partial charge in [-0.3, -0.25) is 0 Å². The lowest BCUT2D eigenvalue weighted by Gasteiger charge is -2.22. The maximum Gasteiger partial charge on any atom is 0.408 e. The summed E-state index contributed by atoms with van der Waals surface area (Å²) in [7, 11) is 0. The summed E-state index contributed by atoms with van der Waals surface area (Å²) in [5.41, 5.74) is 1.45. The normalized spacial score (nSPS) is 12.5. The molecule has 0 saturated heterocycles. The van der Waals surface area contributed by atoms with E-state index < -0.39 is 11.7 Å². The summed E-state index contributed by atoms with van der Waals surface area (Å²) >= 11 is 7.28. The number of hydrogen-bond acceptors (Lipinski definition) is 5. The van der Waals surface area contributed by atoms with Crippen LogP contribution in [0.1, 0.15) is 44.2 Å². The number of aromatic nitrogens is 1. The molecule has 1 amide bonds. The molecule has 2 aromatic rings. The third kappa shape index (κ3) is 6.02. The van der Waals surface area contributed by atoms with Crippen molar-refractivity contribution in [2.24, 2.45) is 0 Å². The van der Waals surface area contributed by atoms with Gasteiger partial charge in [0.25, 0.3) is 0 Å². The van der Waals surface area contributed by atoms with Gasteiger partial charge in [-0.1, -0.05) is 23.7 Å². The fourth-order valence-corrected chi connectivity index (χ4v) is 2.96. The van der Waals surface area contributed by atoms with Crippen molar-refractivity contribution in [2.45, 2.75) is 45.9 Å². The zero-order valence-corrected chi connectivity index (χ0v) is 15.8. The molecule has 0 radical (unpaired) electrons. The number of rotatable bonds is 5. The van der Waals surface area contributed by atoms with E-state index in [2.05, 4.69) is 15.6 Å². The van der Waals surface area contributed by atoms with Crippen molar-refractivity contribution in [3.8, 4) is 0 Å². The first kappa shape index (κ1) is 18.5. The van der Waals surface area contributed by atoms with Crippen molar-refractivity contribution in [2.75, 3.05) is 5.32 Å². The van der Waals surface area contributed by atoms with Gasteiger partial charge in [0.05, 0.1) is 12.6 Å². The average molecular weight is 368 g/mol. The second-order valence-corrected chi connectivity index (χ2v) is 8.12. The van der Waals surface area contributed by atoms with Gasteiger partial charge in [-0.15, -0.1) is 11.3 Å². The molecule has 0 fully saturated rings. The molecule has 0 aliphatic carbocycles. The Labute approximate surface area is 151 Å². The van der Waals surface area contributed by atoms with Crippen LogP contribution in [0, 0.1) is 0 Å². The fourth-order valence-electron chi connectivity index (χ4n) is 2.04. The van der Waals surface area contributed by atoms with Crippen molar-refractivity contribution in [1.29, 1.82) is 0 Å². The molecule has 7 heteroatoms. The molecule has 0 saturated carbocycles. The summed E-state index contributed by atoms with van der Waals surface area (Å²) < 4.78 is 5.82. The van der Waals surface area contributed by atoms with Crippen LogP contribution in [-0.4, -0.2) is 16.7 Å². The minimum absolute atomic E-state index is 0.153. The Morgan fingerprint density at radius 2 is 2.17 bits per heavy atom. The summed E-state index contributed by atoms with van der Waals surface area (Å²) in [6, 6.07) is 7.75. The minimum atomic E-state index is -0.511. The van der Waals surface area contributed by atoms with Crippen LogP contribution in [-0.2, 0) is 11.3 Å². The van der Waals surface area contributed by atoms with Gasteiger partial charge in [0.1, 0.15) is 5.60 Å². The Bertz CT molecular complexity index is 697. The van der Waals surface area contributed by atoms with Gasteiger partial charge in [0.15, 0.2) is 4.47 Å². The Morgan fingerprint density at radius 3 is 2.79 bits per heavy atom. The lowest BCUT2D eigenvalue weighted by atomic mass is 10.1. The van der Waals surface area contributed by atoms with Gasteiger partial charge in [0, 0.05) is 16.8 Å². The van der Waals surface area contributed by atoms with E-state index in [9.17, 15) is 4.79 Å². The van der Waals surface area contributed by atoms with E-state index in [1.807, 2.05) is 52.0 Å². The van der Waals surface area contributed by atoms with Crippen molar-refractivity contribution in [3.63, 3.8) is 0 Å². The predicted molar refractivity (Wildman–Crippen MR) is 98.7 cm³/mol. The molecule has 0 aliphatic heterocycles. The number of carbonyl (C=O) groups is 1. The number of alkyl carbamates (subject to hydrolysis) is 1. The molecule has 24 heavy (non-hydrogen) atoms. The Morgan fingerprint density at radius 1 is 1.42 bits per heavy atom. The summed E-state index contributed by atoms with van der Waals surface area (Å²) in [6.45, 7) is 8.10. The molecule has 2 rings (SSSR count). The molecule has 0 spiro atoms. The van der Waals surface area contributed by atoms with Crippen LogP contribution in [0.5, 0.6) is 0 Å². The van der Waals surface area contributed by atoms with Gasteiger partial charge in [0.2, 0.25) is 0 Å². The number of carbonyl (C=O) groups excluding carboxylic acids is 1. The molecule has 0 aliphatic rings. The molecule has 0 bridgehead atoms. The number of halogens is 1. The van der Waals surface area contributed by atoms with Crippen molar-refractivity contribution < 1.29 is 9.53 Å². The van der Waals surface area contributed by atoms with Gasteiger partial charge in [-0.05, 0) is 45.4 Å². The summed E-state index contributed by atoms with van der Waals surface area (Å²) in [5, 5.41) is 6.17. The Kier molecular flexibility index (Phi) is 6.07. The molecular formula is C17H22ClN3O2S. The first-order valence-electron chi connectivity index (χ1n) is 7.66. The number of anilines is 1. The fraction of sp³-hybridized carbons (Fsp3) is 0.412. The third-order valence-electron chi connectivity index (χ3n) is 3.11. The van der Waals surface area contributed by atoms with Gasteiger partial charge >= 0.3 is 6.09 Å². The number of thiazole rings is 1. The van der Waals surface area contributed by atoms with Crippen LogP contribution in [0.15, 0.2) is 30.5 Å². The highest BCUT2D eigenvalue weighted by Gasteiger charge is 2.18. The van der Waals surface area contributed by atoms with E-state index in [4.69, 9.17) is 16.3 Å². The molecular weight excluding hydrogens is 346 g/mol. The van der Waals surface area contributed by atoms with E-state index in [-0.39, 0.29) is 6.04 Å². The molecule has 2 N–H and O–H groups in total. The topological polar surface area (TPSA) is 63.2 Å². The van der Waals surface area contributed by atoms with Crippen molar-refractivity contribution >= 4 is 34.7 Å². The van der Waals surface area contributed by atoms with E-state index in [1.54, 1.807) is 6.20 Å². The Balaban J connectivity index is 1.94. The zero-order chi connectivity index (χ0) is 17.7. The first-order valence-corrected chi connectivity index (χ1v) is 8.86. The molecule has 130 valence electrons. The second kappa shape index (κ2) is 7.85. The van der Waals surface area contributed by atoms with Crippen molar-refractivity contribution in [3.05, 3.63) is 45.4 Å². The Hall–Kier alpha value is -1.79. The molecule has 1 aromatic carbocycles. The highest BCUT2D eigenvalue weighted by Crippen LogP contribution is 2.21. The maximum atomic E-state index is 11.9. The van der Waals surface area contributed by atoms with Crippen LogP contribution in [0.3, 0.4) is 0 Å². The lowest BCUT2D eigenvalue weighted by molar-refractivity contribution is 0.0508. The lowest BCUT2D eigenvalue weighted by Crippen LogP contribution is -2.34. The predicted octanol–water partition coefficient (Wildman–Crippen LogP) is 4.99. The molecule has 5 nitrogen and oxygen atoms in total. The summed E-state index contributed by atoms with van der Waals surface area (Å²) in [5.74, 6) is 0. The zero-order valence-electron chi connectivity index (χ0n) is 14.2. The molecule has 1 unspecified atom stereocenters. The number of benzene rings is 1. The quantitative estimate of drug-likeness (QED) is 0.781. The highest BCUT2D eigenvalue weighted by molar-refractivity contribution is 7.15. The number of ether oxygens (including phenoxy) is 1. The molecule has 1 aromatic heterocycles. The van der Waals surface area contributed by atoms with E-state index in [0.717, 1.165) is 16.1 Å². The molecule has 1 heterocycles. The number of nitrogens with zero attached hydrogens (tertiary/aromatic N) is 1. The smallest absolute Gasteiger partial charge is 0.408 e. The van der Waals surface area contributed by atoms with Gasteiger partial charge < -0.3 is 15.4 Å². The molecule has 1 atom stereocenters. The second-order valence-electron chi connectivity index (χ2n) is 6.43. The number of nitrogens with one attached hydrogen (secondary N) is 2. The van der Waals surface area contributed by atoms with E-state index in [0.29, 0.717) is 11.0 Å². The average Bonchev–Trinajstić information content (AvgIpc) is 2.89. The number of amides is 1. The monoisotopic (exact) mass is 367 g/mol. The van der Waals surface area contributed by atoms with Crippen LogP contribution in [0.2, 0.25) is 4.47 Å². The van der Waals surface area contributed by atoms with E-state index in [1.165, 1.54) is 11.3 Å². The highest BCUT2D eigenvalue weighted by atomic mass is 35.5. The first-order chi connectivity index (χ1) is 11.2. The van der Waals surface area contributed by atoms with Crippen LogP contribution in [0.25, 0.3) is 0 Å². The van der Waals surface area contributed by atoms with Crippen LogP contribution >= 0.6 is 22.9 Å². The van der Waals surface area contributed by atoms with Crippen molar-refractivity contribution in [1.82, 2.24) is 10.3 Å². The van der Waals surface area contributed by atoms with Crippen LogP contribution < -0.4 is 10.6 Å². The largest absolute Gasteiger partial charge is 0.444 e. The third-order valence-corrected chi connectivity index (χ3v) is 4.23. The van der Waals surface area contributed by atoms with E-state index >= 15 is 0 Å². The standard InChI is InChI=1S/C17H22ClN3O2S/c1-11(21-16(22)23-17(2,3)4)12-6-5-7-13(8-12)19-9-14-10-20-15(18)24-14/h5-8,10-11,19H,9H2,1-4H3,(H,21,22).